The summed E-state index contributed by atoms with van der Waals surface area (Å²) in [6, 6.07) is 14.6. The first-order valence-electron chi connectivity index (χ1n) is 7.67. The molecule has 124 valence electrons. The quantitative estimate of drug-likeness (QED) is 0.733. The Morgan fingerprint density at radius 2 is 2.04 bits per heavy atom. The van der Waals surface area contributed by atoms with Crippen LogP contribution in [-0.4, -0.2) is 22.1 Å². The minimum Gasteiger partial charge on any atom is -0.454 e. The molecule has 25 heavy (non-hydrogen) atoms. The summed E-state index contributed by atoms with van der Waals surface area (Å²) >= 11 is 1.24. The van der Waals surface area contributed by atoms with Crippen molar-refractivity contribution in [3.63, 3.8) is 0 Å². The van der Waals surface area contributed by atoms with Gasteiger partial charge in [-0.05, 0) is 29.3 Å². The van der Waals surface area contributed by atoms with Crippen LogP contribution >= 0.6 is 11.3 Å². The summed E-state index contributed by atoms with van der Waals surface area (Å²) in [7, 11) is 0. The lowest BCUT2D eigenvalue weighted by Crippen LogP contribution is -2.23. The Morgan fingerprint density at radius 1 is 1.20 bits per heavy atom. The second-order valence-corrected chi connectivity index (χ2v) is 6.41. The summed E-state index contributed by atoms with van der Waals surface area (Å²) in [4.78, 5) is 24.6. The molecule has 1 aliphatic heterocycles. The Bertz CT molecular complexity index is 926. The Morgan fingerprint density at radius 3 is 2.80 bits per heavy atom. The van der Waals surface area contributed by atoms with E-state index in [2.05, 4.69) is 15.5 Å². The van der Waals surface area contributed by atoms with Crippen molar-refractivity contribution in [2.75, 3.05) is 5.32 Å². The highest BCUT2D eigenvalue weighted by atomic mass is 32.1. The molecule has 0 saturated carbocycles. The second-order valence-electron chi connectivity index (χ2n) is 5.58. The third-order valence-corrected chi connectivity index (χ3v) is 4.60. The minimum absolute atomic E-state index is 0.283. The van der Waals surface area contributed by atoms with Crippen LogP contribution in [0.15, 0.2) is 54.0 Å². The molecule has 0 fully saturated rings. The van der Waals surface area contributed by atoms with Crippen LogP contribution in [0.2, 0.25) is 0 Å². The number of rotatable bonds is 3. The molecule has 1 aromatic heterocycles. The van der Waals surface area contributed by atoms with Gasteiger partial charge in [0, 0.05) is 12.0 Å². The van der Waals surface area contributed by atoms with Crippen molar-refractivity contribution < 1.29 is 14.3 Å². The molecule has 1 amide bonds. The maximum atomic E-state index is 12.3. The Kier molecular flexibility index (Phi) is 3.99. The average molecular weight is 351 g/mol. The van der Waals surface area contributed by atoms with E-state index >= 15 is 0 Å². The van der Waals surface area contributed by atoms with Crippen molar-refractivity contribution in [2.24, 2.45) is 0 Å². The van der Waals surface area contributed by atoms with Crippen molar-refractivity contribution in [1.29, 1.82) is 0 Å². The molecule has 1 aliphatic rings. The first-order chi connectivity index (χ1) is 12.2. The standard InChI is InChI=1S/C18H13N3O3S/c22-16(20-18-21-19-10-25-18)12-6-7-14-13(8-12)9-15(24-17(14)23)11-4-2-1-3-5-11/h1-8,10,15H,9H2,(H,20,21,22). The molecule has 4 rings (SSSR count). The number of nitrogens with one attached hydrogen (secondary N) is 1. The smallest absolute Gasteiger partial charge is 0.339 e. The fourth-order valence-corrected chi connectivity index (χ4v) is 3.23. The number of ether oxygens (including phenoxy) is 1. The van der Waals surface area contributed by atoms with Gasteiger partial charge < -0.3 is 4.74 Å². The average Bonchev–Trinajstić information content (AvgIpc) is 3.15. The zero-order chi connectivity index (χ0) is 17.2. The summed E-state index contributed by atoms with van der Waals surface area (Å²) in [6.07, 6.45) is 0.188. The number of aromatic nitrogens is 2. The molecule has 2 aromatic carbocycles. The van der Waals surface area contributed by atoms with E-state index in [-0.39, 0.29) is 18.0 Å². The van der Waals surface area contributed by atoms with Gasteiger partial charge in [-0.25, -0.2) is 4.79 Å². The van der Waals surface area contributed by atoms with Gasteiger partial charge in [0.1, 0.15) is 11.6 Å². The number of carbonyl (C=O) groups excluding carboxylic acids is 2. The van der Waals surface area contributed by atoms with Gasteiger partial charge in [0.25, 0.3) is 5.91 Å². The first kappa shape index (κ1) is 15.5. The molecule has 1 N–H and O–H groups in total. The van der Waals surface area contributed by atoms with E-state index in [4.69, 9.17) is 4.74 Å². The number of carbonyl (C=O) groups is 2. The molecule has 1 atom stereocenters. The van der Waals surface area contributed by atoms with Crippen molar-refractivity contribution in [1.82, 2.24) is 10.2 Å². The largest absolute Gasteiger partial charge is 0.454 e. The molecule has 2 heterocycles. The van der Waals surface area contributed by atoms with Crippen molar-refractivity contribution in [2.45, 2.75) is 12.5 Å². The van der Waals surface area contributed by atoms with Crippen molar-refractivity contribution in [3.8, 4) is 0 Å². The van der Waals surface area contributed by atoms with Crippen LogP contribution in [0.5, 0.6) is 0 Å². The minimum atomic E-state index is -0.369. The highest BCUT2D eigenvalue weighted by molar-refractivity contribution is 7.13. The molecule has 0 radical (unpaired) electrons. The third kappa shape index (κ3) is 3.14. The molecular weight excluding hydrogens is 338 g/mol. The maximum Gasteiger partial charge on any atom is 0.339 e. The second kappa shape index (κ2) is 6.45. The fourth-order valence-electron chi connectivity index (χ4n) is 2.79. The monoisotopic (exact) mass is 351 g/mol. The molecule has 0 saturated heterocycles. The lowest BCUT2D eigenvalue weighted by molar-refractivity contribution is 0.0252. The molecule has 0 aliphatic carbocycles. The number of hydrogen-bond donors (Lipinski definition) is 1. The number of amides is 1. The van der Waals surface area contributed by atoms with Crippen LogP contribution in [-0.2, 0) is 11.2 Å². The summed E-state index contributed by atoms with van der Waals surface area (Å²) in [6.45, 7) is 0. The third-order valence-electron chi connectivity index (χ3n) is 3.99. The first-order valence-corrected chi connectivity index (χ1v) is 8.55. The van der Waals surface area contributed by atoms with E-state index in [1.54, 1.807) is 23.7 Å². The van der Waals surface area contributed by atoms with Gasteiger partial charge in [-0.1, -0.05) is 41.7 Å². The van der Waals surface area contributed by atoms with E-state index in [9.17, 15) is 9.59 Å². The summed E-state index contributed by atoms with van der Waals surface area (Å²) in [5.41, 5.74) is 4.25. The summed E-state index contributed by atoms with van der Waals surface area (Å²) in [5, 5.41) is 10.6. The summed E-state index contributed by atoms with van der Waals surface area (Å²) in [5.74, 6) is -0.652. The molecule has 0 spiro atoms. The SMILES string of the molecule is O=C(Nc1nncs1)c1ccc2c(c1)CC(c1ccccc1)OC2=O. The van der Waals surface area contributed by atoms with Crippen LogP contribution in [0.3, 0.4) is 0 Å². The van der Waals surface area contributed by atoms with Crippen LogP contribution in [0.4, 0.5) is 5.13 Å². The predicted octanol–water partition coefficient (Wildman–Crippen LogP) is 3.24. The van der Waals surface area contributed by atoms with Gasteiger partial charge in [-0.15, -0.1) is 10.2 Å². The van der Waals surface area contributed by atoms with Crippen LogP contribution < -0.4 is 5.32 Å². The van der Waals surface area contributed by atoms with E-state index in [1.165, 1.54) is 11.3 Å². The Balaban J connectivity index is 1.61. The summed E-state index contributed by atoms with van der Waals surface area (Å²) < 4.78 is 5.53. The van der Waals surface area contributed by atoms with Crippen molar-refractivity contribution >= 4 is 28.3 Å². The number of hydrogen-bond acceptors (Lipinski definition) is 6. The van der Waals surface area contributed by atoms with E-state index in [0.717, 1.165) is 11.1 Å². The normalized spacial score (nSPS) is 16.0. The Hall–Kier alpha value is -3.06. The number of benzene rings is 2. The molecular formula is C18H13N3O3S. The van der Waals surface area contributed by atoms with Gasteiger partial charge in [-0.2, -0.15) is 0 Å². The van der Waals surface area contributed by atoms with Gasteiger partial charge in [-0.3, -0.25) is 10.1 Å². The van der Waals surface area contributed by atoms with Crippen LogP contribution in [0, 0.1) is 0 Å². The number of esters is 1. The molecule has 6 nitrogen and oxygen atoms in total. The topological polar surface area (TPSA) is 81.2 Å². The highest BCUT2D eigenvalue weighted by Gasteiger charge is 2.28. The molecule has 1 unspecified atom stereocenters. The predicted molar refractivity (Wildman–Crippen MR) is 92.6 cm³/mol. The Labute approximate surface area is 147 Å². The number of nitrogens with zero attached hydrogens (tertiary/aromatic N) is 2. The van der Waals surface area contributed by atoms with E-state index < -0.39 is 0 Å². The zero-order valence-electron chi connectivity index (χ0n) is 13.0. The van der Waals surface area contributed by atoms with Gasteiger partial charge in [0.05, 0.1) is 5.56 Å². The van der Waals surface area contributed by atoms with E-state index in [1.807, 2.05) is 30.3 Å². The van der Waals surface area contributed by atoms with Crippen LogP contribution in [0.1, 0.15) is 37.9 Å². The van der Waals surface area contributed by atoms with Crippen molar-refractivity contribution in [3.05, 3.63) is 76.3 Å². The lowest BCUT2D eigenvalue weighted by Gasteiger charge is -2.25. The lowest BCUT2D eigenvalue weighted by atomic mass is 9.93. The van der Waals surface area contributed by atoms with E-state index in [0.29, 0.717) is 22.7 Å². The number of fused-ring (bicyclic) bond motifs is 1. The fraction of sp³-hybridized carbons (Fsp3) is 0.111. The van der Waals surface area contributed by atoms with Crippen LogP contribution in [0.25, 0.3) is 0 Å². The van der Waals surface area contributed by atoms with Gasteiger partial charge in [0.2, 0.25) is 5.13 Å². The number of cyclic esters (lactones) is 1. The number of anilines is 1. The molecule has 7 heteroatoms. The maximum absolute atomic E-state index is 12.3. The zero-order valence-corrected chi connectivity index (χ0v) is 13.8. The van der Waals surface area contributed by atoms with Gasteiger partial charge in [0.15, 0.2) is 0 Å². The van der Waals surface area contributed by atoms with Gasteiger partial charge >= 0.3 is 5.97 Å². The highest BCUT2D eigenvalue weighted by Crippen LogP contribution is 2.31. The molecule has 3 aromatic rings. The molecule has 0 bridgehead atoms.